The molecule has 1 aliphatic carbocycles. The fraction of sp³-hybridized carbons (Fsp3) is 0.600. The monoisotopic (exact) mass is 322 g/mol. The summed E-state index contributed by atoms with van der Waals surface area (Å²) < 4.78 is 0.915. The van der Waals surface area contributed by atoms with Gasteiger partial charge in [0.1, 0.15) is 5.69 Å². The first kappa shape index (κ1) is 13.1. The van der Waals surface area contributed by atoms with E-state index in [0.717, 1.165) is 23.4 Å². The van der Waals surface area contributed by atoms with Gasteiger partial charge in [-0.2, -0.15) is 0 Å². The molecule has 0 radical (unpaired) electrons. The molecule has 19 heavy (non-hydrogen) atoms. The van der Waals surface area contributed by atoms with Crippen molar-refractivity contribution in [3.8, 4) is 0 Å². The molecule has 1 aromatic heterocycles. The molecule has 0 spiro atoms. The molecule has 1 saturated carbocycles. The largest absolute Gasteiger partial charge is 0.334 e. The van der Waals surface area contributed by atoms with Crippen LogP contribution < -0.4 is 0 Å². The molecule has 102 valence electrons. The molecule has 2 aliphatic rings. The Morgan fingerprint density at radius 2 is 2.00 bits per heavy atom. The van der Waals surface area contributed by atoms with Crippen LogP contribution in [0, 0.1) is 5.92 Å². The average molecular weight is 323 g/mol. The third-order valence-electron chi connectivity index (χ3n) is 4.45. The second-order valence-corrected chi connectivity index (χ2v) is 6.53. The summed E-state index contributed by atoms with van der Waals surface area (Å²) in [6, 6.07) is 4.17. The molecule has 3 nitrogen and oxygen atoms in total. The van der Waals surface area contributed by atoms with Gasteiger partial charge in [-0.1, -0.05) is 12.8 Å². The maximum absolute atomic E-state index is 12.6. The number of carbonyl (C=O) groups is 1. The van der Waals surface area contributed by atoms with Crippen LogP contribution in [0.1, 0.15) is 49.0 Å². The lowest BCUT2D eigenvalue weighted by molar-refractivity contribution is 0.0385. The highest BCUT2D eigenvalue weighted by Gasteiger charge is 2.36. The fourth-order valence-corrected chi connectivity index (χ4v) is 3.76. The maximum Gasteiger partial charge on any atom is 0.272 e. The Labute approximate surface area is 122 Å². The van der Waals surface area contributed by atoms with E-state index in [0.29, 0.717) is 11.7 Å². The Morgan fingerprint density at radius 1 is 1.21 bits per heavy atom. The Hall–Kier alpha value is -0.900. The van der Waals surface area contributed by atoms with Gasteiger partial charge in [-0.25, -0.2) is 4.98 Å². The van der Waals surface area contributed by atoms with Crippen molar-refractivity contribution in [3.05, 3.63) is 28.5 Å². The Bertz CT molecular complexity index is 458. The van der Waals surface area contributed by atoms with Crippen molar-refractivity contribution in [1.29, 1.82) is 0 Å². The molecule has 0 N–H and O–H groups in total. The summed E-state index contributed by atoms with van der Waals surface area (Å²) in [6.45, 7) is 0.901. The first-order chi connectivity index (χ1) is 9.25. The molecular weight excluding hydrogens is 304 g/mol. The van der Waals surface area contributed by atoms with E-state index in [4.69, 9.17) is 0 Å². The van der Waals surface area contributed by atoms with Crippen molar-refractivity contribution in [1.82, 2.24) is 9.88 Å². The minimum atomic E-state index is 0.115. The molecule has 2 fully saturated rings. The minimum Gasteiger partial charge on any atom is -0.334 e. The second-order valence-electron chi connectivity index (χ2n) is 5.61. The Kier molecular flexibility index (Phi) is 3.87. The number of amides is 1. The molecule has 1 saturated heterocycles. The minimum absolute atomic E-state index is 0.115. The smallest absolute Gasteiger partial charge is 0.272 e. The summed E-state index contributed by atoms with van der Waals surface area (Å²) >= 11 is 3.36. The summed E-state index contributed by atoms with van der Waals surface area (Å²) in [7, 11) is 0. The van der Waals surface area contributed by atoms with Gasteiger partial charge in [0.15, 0.2) is 0 Å². The number of hydrogen-bond acceptors (Lipinski definition) is 2. The number of likely N-dealkylation sites (tertiary alicyclic amines) is 1. The van der Waals surface area contributed by atoms with Gasteiger partial charge >= 0.3 is 0 Å². The van der Waals surface area contributed by atoms with Crippen LogP contribution in [0.3, 0.4) is 0 Å². The van der Waals surface area contributed by atoms with E-state index in [1.807, 2.05) is 12.1 Å². The first-order valence-electron chi connectivity index (χ1n) is 7.18. The van der Waals surface area contributed by atoms with Gasteiger partial charge in [0.2, 0.25) is 0 Å². The number of fused-ring (bicyclic) bond motifs is 1. The molecule has 4 heteroatoms. The molecule has 1 aliphatic heterocycles. The van der Waals surface area contributed by atoms with E-state index in [1.54, 1.807) is 6.20 Å². The molecule has 2 atom stereocenters. The first-order valence-corrected chi connectivity index (χ1v) is 7.97. The van der Waals surface area contributed by atoms with E-state index >= 15 is 0 Å². The number of piperidine rings is 1. The molecular formula is C15H19BrN2O. The van der Waals surface area contributed by atoms with Crippen molar-refractivity contribution in [2.24, 2.45) is 5.92 Å². The number of hydrogen-bond donors (Lipinski definition) is 0. The molecule has 0 bridgehead atoms. The highest BCUT2D eigenvalue weighted by atomic mass is 79.9. The third kappa shape index (κ3) is 2.69. The summed E-state index contributed by atoms with van der Waals surface area (Å²) in [4.78, 5) is 19.0. The van der Waals surface area contributed by atoms with Crippen LogP contribution in [0.5, 0.6) is 0 Å². The van der Waals surface area contributed by atoms with Gasteiger partial charge in [0.05, 0.1) is 0 Å². The zero-order valence-corrected chi connectivity index (χ0v) is 12.6. The Morgan fingerprint density at radius 3 is 2.79 bits per heavy atom. The van der Waals surface area contributed by atoms with Crippen LogP contribution in [-0.2, 0) is 0 Å². The molecule has 3 rings (SSSR count). The van der Waals surface area contributed by atoms with Gasteiger partial charge in [0, 0.05) is 23.3 Å². The van der Waals surface area contributed by atoms with Crippen LogP contribution in [0.2, 0.25) is 0 Å². The van der Waals surface area contributed by atoms with Crippen LogP contribution in [0.25, 0.3) is 0 Å². The van der Waals surface area contributed by atoms with Gasteiger partial charge in [-0.15, -0.1) is 0 Å². The highest BCUT2D eigenvalue weighted by Crippen LogP contribution is 2.35. The number of carbonyl (C=O) groups excluding carboxylic acids is 1. The highest BCUT2D eigenvalue weighted by molar-refractivity contribution is 9.10. The molecule has 1 aromatic rings. The number of aromatic nitrogens is 1. The molecule has 2 heterocycles. The lowest BCUT2D eigenvalue weighted by Gasteiger charge is -2.44. The van der Waals surface area contributed by atoms with E-state index in [2.05, 4.69) is 25.8 Å². The van der Waals surface area contributed by atoms with E-state index in [1.165, 1.54) is 32.1 Å². The van der Waals surface area contributed by atoms with E-state index in [9.17, 15) is 4.79 Å². The number of halogens is 1. The van der Waals surface area contributed by atoms with Crippen molar-refractivity contribution >= 4 is 21.8 Å². The number of pyridine rings is 1. The zero-order valence-electron chi connectivity index (χ0n) is 11.0. The van der Waals surface area contributed by atoms with Crippen LogP contribution >= 0.6 is 15.9 Å². The lowest BCUT2D eigenvalue weighted by atomic mass is 9.78. The third-order valence-corrected chi connectivity index (χ3v) is 4.92. The zero-order chi connectivity index (χ0) is 13.2. The SMILES string of the molecule is O=C(c1ccc(Br)cn1)N1CCCC2CCCCC21. The van der Waals surface area contributed by atoms with Crippen LogP contribution in [0.15, 0.2) is 22.8 Å². The number of rotatable bonds is 1. The van der Waals surface area contributed by atoms with E-state index in [-0.39, 0.29) is 5.91 Å². The van der Waals surface area contributed by atoms with Gasteiger partial charge in [-0.05, 0) is 59.7 Å². The van der Waals surface area contributed by atoms with Crippen molar-refractivity contribution in [2.75, 3.05) is 6.54 Å². The predicted molar refractivity (Wildman–Crippen MR) is 78.0 cm³/mol. The molecule has 0 aromatic carbocycles. The van der Waals surface area contributed by atoms with Crippen molar-refractivity contribution in [3.63, 3.8) is 0 Å². The molecule has 2 unspecified atom stereocenters. The van der Waals surface area contributed by atoms with Crippen molar-refractivity contribution in [2.45, 2.75) is 44.6 Å². The maximum atomic E-state index is 12.6. The fourth-order valence-electron chi connectivity index (χ4n) is 3.53. The second kappa shape index (κ2) is 5.61. The molecule has 1 amide bonds. The number of nitrogens with zero attached hydrogens (tertiary/aromatic N) is 2. The standard InChI is InChI=1S/C15H19BrN2O/c16-12-7-8-13(17-10-12)15(19)18-9-3-5-11-4-1-2-6-14(11)18/h7-8,10-11,14H,1-6,9H2. The van der Waals surface area contributed by atoms with Gasteiger partial charge in [0.25, 0.3) is 5.91 Å². The quantitative estimate of drug-likeness (QED) is 0.790. The topological polar surface area (TPSA) is 33.2 Å². The summed E-state index contributed by atoms with van der Waals surface area (Å²) in [5.74, 6) is 0.839. The average Bonchev–Trinajstić information content (AvgIpc) is 2.47. The summed E-state index contributed by atoms with van der Waals surface area (Å²) in [5.41, 5.74) is 0.578. The van der Waals surface area contributed by atoms with Gasteiger partial charge in [-0.3, -0.25) is 4.79 Å². The normalized spacial score (nSPS) is 26.9. The lowest BCUT2D eigenvalue weighted by Crippen LogP contribution is -2.49. The Balaban J connectivity index is 1.79. The van der Waals surface area contributed by atoms with E-state index < -0.39 is 0 Å². The van der Waals surface area contributed by atoms with Crippen molar-refractivity contribution < 1.29 is 4.79 Å². The van der Waals surface area contributed by atoms with Gasteiger partial charge < -0.3 is 4.90 Å². The summed E-state index contributed by atoms with van der Waals surface area (Å²) in [6.07, 6.45) is 9.20. The van der Waals surface area contributed by atoms with Crippen LogP contribution in [0.4, 0.5) is 0 Å². The predicted octanol–water partition coefficient (Wildman–Crippen LogP) is 3.64. The van der Waals surface area contributed by atoms with Crippen LogP contribution in [-0.4, -0.2) is 28.4 Å². The summed E-state index contributed by atoms with van der Waals surface area (Å²) in [5, 5.41) is 0.